The number of hydrogen-bond donors (Lipinski definition) is 0. The Bertz CT molecular complexity index is 1470. The molecule has 0 radical (unpaired) electrons. The average molecular weight is 641 g/mol. The van der Waals surface area contributed by atoms with Crippen molar-refractivity contribution in [3.8, 4) is 5.75 Å². The van der Waals surface area contributed by atoms with Crippen LogP contribution in [0.25, 0.3) is 0 Å². The summed E-state index contributed by atoms with van der Waals surface area (Å²) in [4.78, 5) is 30.1. The number of allylic oxidation sites excluding steroid dienone is 1. The van der Waals surface area contributed by atoms with Crippen molar-refractivity contribution in [2.75, 3.05) is 44.4 Å². The number of hydrogen-bond acceptors (Lipinski definition) is 8. The second-order valence-corrected chi connectivity index (χ2v) is 14.2. The van der Waals surface area contributed by atoms with Crippen LogP contribution in [0.1, 0.15) is 60.5 Å². The predicted molar refractivity (Wildman–Crippen MR) is 175 cm³/mol. The van der Waals surface area contributed by atoms with Crippen LogP contribution < -0.4 is 9.64 Å². The third-order valence-electron chi connectivity index (χ3n) is 8.72. The third-order valence-corrected chi connectivity index (χ3v) is 10.2. The van der Waals surface area contributed by atoms with Crippen molar-refractivity contribution in [2.45, 2.75) is 58.1 Å². The molecule has 0 unspecified atom stereocenters. The van der Waals surface area contributed by atoms with Crippen LogP contribution in [0.2, 0.25) is 5.02 Å². The molecule has 238 valence electrons. The molecule has 3 aliphatic rings. The van der Waals surface area contributed by atoms with E-state index in [1.54, 1.807) is 6.07 Å². The Morgan fingerprint density at radius 2 is 2.00 bits per heavy atom. The molecular formula is C34H43ClN3O5S-. The van der Waals surface area contributed by atoms with Crippen LogP contribution in [0, 0.1) is 17.8 Å². The number of carbonyl (C=O) groups excluding carboxylic acids is 2. The van der Waals surface area contributed by atoms with E-state index in [1.807, 2.05) is 56.3 Å². The molecule has 0 spiro atoms. The maximum absolute atomic E-state index is 13.2. The molecule has 5 rings (SSSR count). The van der Waals surface area contributed by atoms with Gasteiger partial charge in [0, 0.05) is 29.6 Å². The first-order chi connectivity index (χ1) is 21.2. The van der Waals surface area contributed by atoms with Crippen LogP contribution in [0.4, 0.5) is 5.69 Å². The molecule has 2 aliphatic heterocycles. The Labute approximate surface area is 267 Å². The van der Waals surface area contributed by atoms with Gasteiger partial charge in [-0.25, -0.2) is 0 Å². The lowest BCUT2D eigenvalue weighted by atomic mass is 9.70. The number of fused-ring (bicyclic) bond motifs is 3. The minimum Gasteiger partial charge on any atom is -0.491 e. The monoisotopic (exact) mass is 640 g/mol. The van der Waals surface area contributed by atoms with Crippen LogP contribution in [-0.4, -0.2) is 62.4 Å². The number of benzene rings is 2. The first-order valence-electron chi connectivity index (χ1n) is 15.6. The van der Waals surface area contributed by atoms with Gasteiger partial charge in [0.15, 0.2) is 0 Å². The molecule has 10 heteroatoms. The number of esters is 1. The lowest BCUT2D eigenvalue weighted by Gasteiger charge is -2.43. The zero-order valence-electron chi connectivity index (χ0n) is 25.9. The highest BCUT2D eigenvalue weighted by Gasteiger charge is 2.39. The molecule has 1 fully saturated rings. The fraction of sp³-hybridized carbons (Fsp3) is 0.529. The van der Waals surface area contributed by atoms with Gasteiger partial charge in [-0.3, -0.25) is 14.5 Å². The number of rotatable bonds is 3. The molecule has 2 bridgehead atoms. The average Bonchev–Trinajstić information content (AvgIpc) is 2.97. The van der Waals surface area contributed by atoms with E-state index >= 15 is 0 Å². The minimum atomic E-state index is -1.66. The van der Waals surface area contributed by atoms with E-state index in [9.17, 15) is 13.8 Å². The highest BCUT2D eigenvalue weighted by atomic mass is 35.5. The normalized spacial score (nSPS) is 25.8. The van der Waals surface area contributed by atoms with E-state index in [4.69, 9.17) is 21.1 Å². The van der Waals surface area contributed by atoms with Crippen LogP contribution in [0.15, 0.2) is 52.9 Å². The summed E-state index contributed by atoms with van der Waals surface area (Å²) in [6.45, 7) is 4.05. The molecule has 4 atom stereocenters. The molecule has 1 amide bonds. The summed E-state index contributed by atoms with van der Waals surface area (Å²) in [5.41, 5.74) is 3.58. The van der Waals surface area contributed by atoms with Crippen LogP contribution in [-0.2, 0) is 37.3 Å². The van der Waals surface area contributed by atoms with Gasteiger partial charge in [-0.1, -0.05) is 42.3 Å². The summed E-state index contributed by atoms with van der Waals surface area (Å²) < 4.78 is 29.3. The summed E-state index contributed by atoms with van der Waals surface area (Å²) in [5.74, 6) is 0.690. The first kappa shape index (κ1) is 32.5. The summed E-state index contributed by atoms with van der Waals surface area (Å²) in [6, 6.07) is 11.5. The third kappa shape index (κ3) is 8.43. The van der Waals surface area contributed by atoms with Gasteiger partial charge in [-0.2, -0.15) is 10.6 Å². The second kappa shape index (κ2) is 14.9. The second-order valence-electron chi connectivity index (χ2n) is 12.6. The Morgan fingerprint density at radius 3 is 2.77 bits per heavy atom. The lowest BCUT2D eigenvalue weighted by Crippen LogP contribution is -2.44. The van der Waals surface area contributed by atoms with E-state index in [0.29, 0.717) is 42.5 Å². The van der Waals surface area contributed by atoms with Crippen molar-refractivity contribution in [1.29, 1.82) is 0 Å². The summed E-state index contributed by atoms with van der Waals surface area (Å²) >= 11 is 6.43. The Hall–Kier alpha value is -2.88. The van der Waals surface area contributed by atoms with Gasteiger partial charge in [0.25, 0.3) is 5.91 Å². The molecule has 1 aliphatic carbocycles. The Kier molecular flexibility index (Phi) is 11.0. The molecule has 0 N–H and O–H groups in total. The van der Waals surface area contributed by atoms with Crippen molar-refractivity contribution in [1.82, 2.24) is 4.90 Å². The van der Waals surface area contributed by atoms with Gasteiger partial charge >= 0.3 is 5.97 Å². The molecule has 8 nitrogen and oxygen atoms in total. The van der Waals surface area contributed by atoms with Crippen LogP contribution >= 0.6 is 11.6 Å². The number of likely N-dealkylation sites (N-methyl/N-ethyl adjacent to an activating group) is 1. The van der Waals surface area contributed by atoms with E-state index in [1.165, 1.54) is 11.1 Å². The maximum atomic E-state index is 13.2. The largest absolute Gasteiger partial charge is 0.491 e. The molecule has 2 heterocycles. The number of amides is 1. The number of aryl methyl sites for hydroxylation is 1. The van der Waals surface area contributed by atoms with E-state index in [2.05, 4.69) is 21.4 Å². The van der Waals surface area contributed by atoms with E-state index < -0.39 is 16.5 Å². The van der Waals surface area contributed by atoms with Crippen molar-refractivity contribution >= 4 is 39.8 Å². The quantitative estimate of drug-likeness (QED) is 0.217. The topological polar surface area (TPSA) is 88.5 Å². The number of halogens is 1. The van der Waals surface area contributed by atoms with Crippen molar-refractivity contribution in [3.05, 3.63) is 70.3 Å². The first-order valence-corrected chi connectivity index (χ1v) is 17.3. The molecule has 0 aromatic heterocycles. The summed E-state index contributed by atoms with van der Waals surface area (Å²) in [6.07, 6.45) is 9.05. The summed E-state index contributed by atoms with van der Waals surface area (Å²) in [5, 5.41) is 0.716. The van der Waals surface area contributed by atoms with Crippen molar-refractivity contribution in [2.24, 2.45) is 22.1 Å². The van der Waals surface area contributed by atoms with Gasteiger partial charge < -0.3 is 22.9 Å². The Morgan fingerprint density at radius 1 is 1.16 bits per heavy atom. The van der Waals surface area contributed by atoms with Crippen molar-refractivity contribution in [3.63, 3.8) is 0 Å². The minimum absolute atomic E-state index is 0.0386. The number of ether oxygens (including phenoxy) is 2. The van der Waals surface area contributed by atoms with Gasteiger partial charge in [0.05, 0.1) is 18.8 Å². The van der Waals surface area contributed by atoms with Gasteiger partial charge in [-0.05, 0) is 106 Å². The van der Waals surface area contributed by atoms with Crippen molar-refractivity contribution < 1.29 is 23.3 Å². The highest BCUT2D eigenvalue weighted by molar-refractivity contribution is 7.75. The van der Waals surface area contributed by atoms with E-state index in [-0.39, 0.29) is 42.1 Å². The molecule has 0 saturated heterocycles. The molecule has 1 saturated carbocycles. The fourth-order valence-corrected chi connectivity index (χ4v) is 7.43. The van der Waals surface area contributed by atoms with Gasteiger partial charge in [-0.15, -0.1) is 0 Å². The SMILES string of the molecule is C[C@H]1C/C=C/[C@H](OC(=O)CN(C)C)[C@@H]2CC[C@H]2CN2Cc3ccc(Cl)cc3CCCCOc3ccc(cc32)C(=O)N=[S-](=O)C1. The zero-order chi connectivity index (χ0) is 31.2. The standard InChI is InChI=1S/C34H43ClN3O5S/c1-23-7-6-9-31(43-33(39)21-37(2)3)29-14-11-27(29)20-38-19-26-10-13-28(35)17-24(26)8-4-5-16-42-32-15-12-25(18-30(32)38)34(40)36-44(41)22-23/h6,9-10,12-13,15,17-18,23,27,29,31H,4-5,7-8,11,14,16,19-22H2,1-3H3/q-1/b9-6+/t23-,27-,29+,31-/m0/s1. The van der Waals surface area contributed by atoms with Crippen LogP contribution in [0.3, 0.4) is 0 Å². The fourth-order valence-electron chi connectivity index (χ4n) is 6.25. The van der Waals surface area contributed by atoms with Gasteiger partial charge in [0.1, 0.15) is 11.9 Å². The maximum Gasteiger partial charge on any atom is 0.320 e. The number of nitrogens with zero attached hydrogens (tertiary/aromatic N) is 3. The predicted octanol–water partition coefficient (Wildman–Crippen LogP) is 6.44. The molecule has 2 aromatic carbocycles. The smallest absolute Gasteiger partial charge is 0.320 e. The van der Waals surface area contributed by atoms with Gasteiger partial charge in [0.2, 0.25) is 0 Å². The molecule has 44 heavy (non-hydrogen) atoms. The van der Waals surface area contributed by atoms with Crippen LogP contribution in [0.5, 0.6) is 5.75 Å². The Balaban J connectivity index is 1.57. The highest BCUT2D eigenvalue weighted by Crippen LogP contribution is 2.42. The summed E-state index contributed by atoms with van der Waals surface area (Å²) in [7, 11) is 2.05. The zero-order valence-corrected chi connectivity index (χ0v) is 27.4. The molecular weight excluding hydrogens is 598 g/mol. The lowest BCUT2D eigenvalue weighted by molar-refractivity contribution is -0.152. The van der Waals surface area contributed by atoms with E-state index in [0.717, 1.165) is 37.8 Å². The number of carbonyl (C=O) groups is 2. The molecule has 2 aromatic rings. The number of anilines is 1.